The smallest absolute Gasteiger partial charge is 0.336 e. The topological polar surface area (TPSA) is 75.6 Å². The molecule has 0 saturated heterocycles. The lowest BCUT2D eigenvalue weighted by molar-refractivity contribution is -0.161. The second-order valence-electron chi connectivity index (χ2n) is 8.75. The Balaban J connectivity index is 3.45. The van der Waals surface area contributed by atoms with Crippen LogP contribution in [-0.2, 0) is 14.3 Å². The predicted octanol–water partition coefficient (Wildman–Crippen LogP) is 5.88. The van der Waals surface area contributed by atoms with Crippen molar-refractivity contribution in [1.29, 1.82) is 0 Å². The molecule has 29 heavy (non-hydrogen) atoms. The number of carbonyl (C=O) groups excluding carboxylic acids is 2. The van der Waals surface area contributed by atoms with Crippen LogP contribution in [0.5, 0.6) is 0 Å². The highest BCUT2D eigenvalue weighted by Crippen LogP contribution is 2.14. The monoisotopic (exact) mass is 413 g/mol. The molecule has 0 spiro atoms. The summed E-state index contributed by atoms with van der Waals surface area (Å²) >= 11 is 0. The van der Waals surface area contributed by atoms with Gasteiger partial charge in [-0.3, -0.25) is 4.79 Å². The number of hydrogen-bond acceptors (Lipinski definition) is 4. The summed E-state index contributed by atoms with van der Waals surface area (Å²) in [5.41, 5.74) is 0. The number of unbranched alkanes of at least 4 members (excludes halogenated alkanes) is 11. The third kappa shape index (κ3) is 18.7. The van der Waals surface area contributed by atoms with Crippen LogP contribution >= 0.6 is 0 Å². The molecule has 0 aromatic heterocycles. The zero-order valence-electron chi connectivity index (χ0n) is 19.5. The number of esters is 1. The van der Waals surface area contributed by atoms with Gasteiger partial charge in [0.2, 0.25) is 5.91 Å². The number of aliphatic hydroxyl groups excluding tert-OH is 1. The van der Waals surface area contributed by atoms with Gasteiger partial charge in [0.1, 0.15) is 6.10 Å². The third-order valence-electron chi connectivity index (χ3n) is 5.23. The Morgan fingerprint density at radius 1 is 0.793 bits per heavy atom. The molecule has 2 atom stereocenters. The molecular formula is C24H47NO4. The summed E-state index contributed by atoms with van der Waals surface area (Å²) in [7, 11) is 0. The van der Waals surface area contributed by atoms with Gasteiger partial charge in [0.25, 0.3) is 0 Å². The number of hydrogen-bond donors (Lipinski definition) is 2. The zero-order valence-corrected chi connectivity index (χ0v) is 19.5. The second kappa shape index (κ2) is 18.9. The van der Waals surface area contributed by atoms with Gasteiger partial charge < -0.3 is 15.2 Å². The Morgan fingerprint density at radius 2 is 1.24 bits per heavy atom. The van der Waals surface area contributed by atoms with Crippen molar-refractivity contribution >= 4 is 11.9 Å². The van der Waals surface area contributed by atoms with Crippen molar-refractivity contribution in [2.75, 3.05) is 0 Å². The molecule has 0 aliphatic heterocycles. The fourth-order valence-electron chi connectivity index (χ4n) is 3.31. The molecule has 2 N–H and O–H groups in total. The SMILES string of the molecule is CC[C@@H](NC(=O)CCCCCCCCCCCCCCC(C)C)OC(=O)[C@H](C)O. The van der Waals surface area contributed by atoms with Crippen molar-refractivity contribution in [1.82, 2.24) is 5.32 Å². The molecule has 0 bridgehead atoms. The highest BCUT2D eigenvalue weighted by molar-refractivity contribution is 5.77. The van der Waals surface area contributed by atoms with E-state index in [1.165, 1.54) is 77.6 Å². The highest BCUT2D eigenvalue weighted by atomic mass is 16.6. The van der Waals surface area contributed by atoms with Crippen LogP contribution in [0.15, 0.2) is 0 Å². The number of nitrogens with one attached hydrogen (secondary N) is 1. The summed E-state index contributed by atoms with van der Waals surface area (Å²) < 4.78 is 5.04. The van der Waals surface area contributed by atoms with Gasteiger partial charge in [0.05, 0.1) is 0 Å². The average molecular weight is 414 g/mol. The fraction of sp³-hybridized carbons (Fsp3) is 0.917. The molecule has 0 fully saturated rings. The molecule has 5 nitrogen and oxygen atoms in total. The molecule has 0 unspecified atom stereocenters. The molecule has 0 rings (SSSR count). The lowest BCUT2D eigenvalue weighted by Crippen LogP contribution is -2.39. The van der Waals surface area contributed by atoms with E-state index in [0.717, 1.165) is 18.8 Å². The van der Waals surface area contributed by atoms with Crippen molar-refractivity contribution < 1.29 is 19.4 Å². The summed E-state index contributed by atoms with van der Waals surface area (Å²) in [6.45, 7) is 7.78. The third-order valence-corrected chi connectivity index (χ3v) is 5.23. The van der Waals surface area contributed by atoms with Gasteiger partial charge in [-0.2, -0.15) is 0 Å². The van der Waals surface area contributed by atoms with Crippen LogP contribution in [0.3, 0.4) is 0 Å². The number of amides is 1. The Bertz CT molecular complexity index is 410. The van der Waals surface area contributed by atoms with Crippen LogP contribution in [0, 0.1) is 5.92 Å². The van der Waals surface area contributed by atoms with Crippen molar-refractivity contribution in [3.8, 4) is 0 Å². The van der Waals surface area contributed by atoms with Gasteiger partial charge >= 0.3 is 5.97 Å². The van der Waals surface area contributed by atoms with Gasteiger partial charge in [-0.15, -0.1) is 0 Å². The Kier molecular flexibility index (Phi) is 18.2. The van der Waals surface area contributed by atoms with E-state index in [-0.39, 0.29) is 5.91 Å². The number of aliphatic hydroxyl groups is 1. The van der Waals surface area contributed by atoms with E-state index in [1.54, 1.807) is 0 Å². The molecule has 0 aromatic carbocycles. The van der Waals surface area contributed by atoms with Crippen molar-refractivity contribution in [2.24, 2.45) is 5.92 Å². The van der Waals surface area contributed by atoms with Crippen LogP contribution < -0.4 is 5.32 Å². The standard InChI is InChI=1S/C24H47NO4/c1-5-23(29-24(28)21(4)26)25-22(27)19-17-15-13-11-9-7-6-8-10-12-14-16-18-20(2)3/h20-21,23,26H,5-19H2,1-4H3,(H,25,27)/t21-,23-/m0/s1. The summed E-state index contributed by atoms with van der Waals surface area (Å²) in [5.74, 6) is 0.0463. The van der Waals surface area contributed by atoms with E-state index in [2.05, 4.69) is 19.2 Å². The molecule has 0 aliphatic carbocycles. The molecular weight excluding hydrogens is 366 g/mol. The minimum absolute atomic E-state index is 0.0939. The van der Waals surface area contributed by atoms with Crippen LogP contribution in [-0.4, -0.2) is 29.3 Å². The first kappa shape index (κ1) is 27.9. The lowest BCUT2D eigenvalue weighted by atomic mass is 10.0. The largest absolute Gasteiger partial charge is 0.440 e. The lowest BCUT2D eigenvalue weighted by Gasteiger charge is -2.18. The molecule has 172 valence electrons. The van der Waals surface area contributed by atoms with Crippen molar-refractivity contribution in [2.45, 2.75) is 136 Å². The van der Waals surface area contributed by atoms with Crippen LogP contribution in [0.1, 0.15) is 124 Å². The first-order valence-corrected chi connectivity index (χ1v) is 12.0. The van der Waals surface area contributed by atoms with Crippen molar-refractivity contribution in [3.05, 3.63) is 0 Å². The molecule has 0 aliphatic rings. The molecule has 0 radical (unpaired) electrons. The summed E-state index contributed by atoms with van der Waals surface area (Å²) in [6.07, 6.45) is 15.8. The quantitative estimate of drug-likeness (QED) is 0.157. The van der Waals surface area contributed by atoms with E-state index in [9.17, 15) is 9.59 Å². The second-order valence-corrected chi connectivity index (χ2v) is 8.75. The summed E-state index contributed by atoms with van der Waals surface area (Å²) in [5, 5.41) is 11.9. The van der Waals surface area contributed by atoms with Crippen LogP contribution in [0.2, 0.25) is 0 Å². The maximum Gasteiger partial charge on any atom is 0.336 e. The van der Waals surface area contributed by atoms with E-state index >= 15 is 0 Å². The molecule has 1 amide bonds. The van der Waals surface area contributed by atoms with E-state index < -0.39 is 18.3 Å². The Morgan fingerprint density at radius 3 is 1.66 bits per heavy atom. The number of rotatable bonds is 19. The highest BCUT2D eigenvalue weighted by Gasteiger charge is 2.18. The molecule has 5 heteroatoms. The minimum Gasteiger partial charge on any atom is -0.440 e. The Hall–Kier alpha value is -1.10. The van der Waals surface area contributed by atoms with Gasteiger partial charge in [-0.05, 0) is 19.3 Å². The van der Waals surface area contributed by atoms with Crippen LogP contribution in [0.25, 0.3) is 0 Å². The van der Waals surface area contributed by atoms with Crippen molar-refractivity contribution in [3.63, 3.8) is 0 Å². The maximum absolute atomic E-state index is 11.9. The molecule has 0 saturated carbocycles. The van der Waals surface area contributed by atoms with E-state index in [0.29, 0.717) is 12.8 Å². The zero-order chi connectivity index (χ0) is 21.9. The van der Waals surface area contributed by atoms with Gasteiger partial charge in [-0.1, -0.05) is 97.8 Å². The maximum atomic E-state index is 11.9. The minimum atomic E-state index is -1.17. The van der Waals surface area contributed by atoms with E-state index in [4.69, 9.17) is 9.84 Å². The van der Waals surface area contributed by atoms with E-state index in [1.807, 2.05) is 6.92 Å². The van der Waals surface area contributed by atoms with Gasteiger partial charge in [0, 0.05) is 12.8 Å². The fourth-order valence-corrected chi connectivity index (χ4v) is 3.31. The predicted molar refractivity (Wildman–Crippen MR) is 119 cm³/mol. The van der Waals surface area contributed by atoms with Gasteiger partial charge in [-0.25, -0.2) is 4.79 Å². The summed E-state index contributed by atoms with van der Waals surface area (Å²) in [4.78, 5) is 23.3. The molecule has 0 aromatic rings. The average Bonchev–Trinajstić information content (AvgIpc) is 2.67. The first-order valence-electron chi connectivity index (χ1n) is 12.0. The summed E-state index contributed by atoms with van der Waals surface area (Å²) in [6, 6.07) is 0. The number of carbonyl (C=O) groups is 2. The number of ether oxygens (including phenoxy) is 1. The molecule has 0 heterocycles. The Labute approximate surface area is 179 Å². The normalized spacial score (nSPS) is 13.3. The van der Waals surface area contributed by atoms with Crippen LogP contribution in [0.4, 0.5) is 0 Å². The van der Waals surface area contributed by atoms with Gasteiger partial charge in [0.15, 0.2) is 6.23 Å². The first-order chi connectivity index (χ1) is 13.9.